The van der Waals surface area contributed by atoms with Gasteiger partial charge in [-0.2, -0.15) is 0 Å². The standard InChI is InChI=1S/C15H23N3O4/c1-12-11-21-6-5-18(12)15(19)17-10-13-3-4-14(16-9-13)22-8-7-20-2/h3-4,9,12H,5-8,10-11H2,1-2H3,(H,17,19)/t12-/m1/s1. The van der Waals surface area contributed by atoms with E-state index >= 15 is 0 Å². The summed E-state index contributed by atoms with van der Waals surface area (Å²) in [5.74, 6) is 0.550. The summed E-state index contributed by atoms with van der Waals surface area (Å²) >= 11 is 0. The minimum Gasteiger partial charge on any atom is -0.475 e. The van der Waals surface area contributed by atoms with Crippen LogP contribution in [0.1, 0.15) is 12.5 Å². The molecule has 1 saturated heterocycles. The number of amides is 2. The van der Waals surface area contributed by atoms with E-state index in [0.29, 0.717) is 45.4 Å². The monoisotopic (exact) mass is 309 g/mol. The number of urea groups is 1. The van der Waals surface area contributed by atoms with E-state index in [1.165, 1.54) is 0 Å². The van der Waals surface area contributed by atoms with Crippen molar-refractivity contribution in [1.29, 1.82) is 0 Å². The van der Waals surface area contributed by atoms with Crippen molar-refractivity contribution in [1.82, 2.24) is 15.2 Å². The second-order valence-electron chi connectivity index (χ2n) is 5.12. The molecule has 2 heterocycles. The highest BCUT2D eigenvalue weighted by atomic mass is 16.5. The van der Waals surface area contributed by atoms with Crippen LogP contribution in [0.5, 0.6) is 5.88 Å². The molecule has 0 unspecified atom stereocenters. The first-order chi connectivity index (χ1) is 10.7. The first-order valence-electron chi connectivity index (χ1n) is 7.39. The number of methoxy groups -OCH3 is 1. The quantitative estimate of drug-likeness (QED) is 0.795. The van der Waals surface area contributed by atoms with Gasteiger partial charge in [0.25, 0.3) is 0 Å². The number of nitrogens with zero attached hydrogens (tertiary/aromatic N) is 2. The average molecular weight is 309 g/mol. The van der Waals surface area contributed by atoms with Crippen LogP contribution < -0.4 is 10.1 Å². The number of carbonyl (C=O) groups is 1. The predicted octanol–water partition coefficient (Wildman–Crippen LogP) is 1.04. The van der Waals surface area contributed by atoms with Gasteiger partial charge in [0.2, 0.25) is 5.88 Å². The van der Waals surface area contributed by atoms with E-state index in [2.05, 4.69) is 10.3 Å². The summed E-state index contributed by atoms with van der Waals surface area (Å²) in [7, 11) is 1.62. The minimum atomic E-state index is -0.0729. The molecule has 0 aliphatic carbocycles. The number of nitrogens with one attached hydrogen (secondary N) is 1. The Morgan fingerprint density at radius 3 is 3.05 bits per heavy atom. The van der Waals surface area contributed by atoms with Crippen LogP contribution >= 0.6 is 0 Å². The molecular weight excluding hydrogens is 286 g/mol. The second-order valence-corrected chi connectivity index (χ2v) is 5.12. The number of aromatic nitrogens is 1. The van der Waals surface area contributed by atoms with E-state index in [0.717, 1.165) is 5.56 Å². The molecule has 1 fully saturated rings. The van der Waals surface area contributed by atoms with Gasteiger partial charge in [-0.15, -0.1) is 0 Å². The Morgan fingerprint density at radius 2 is 2.36 bits per heavy atom. The predicted molar refractivity (Wildman–Crippen MR) is 80.8 cm³/mol. The molecule has 0 spiro atoms. The van der Waals surface area contributed by atoms with Crippen LogP contribution in [0, 0.1) is 0 Å². The van der Waals surface area contributed by atoms with E-state index in [1.807, 2.05) is 13.0 Å². The van der Waals surface area contributed by atoms with E-state index in [9.17, 15) is 4.79 Å². The maximum absolute atomic E-state index is 12.1. The fourth-order valence-corrected chi connectivity index (χ4v) is 2.14. The van der Waals surface area contributed by atoms with Gasteiger partial charge in [-0.05, 0) is 12.5 Å². The number of carbonyl (C=O) groups excluding carboxylic acids is 1. The largest absolute Gasteiger partial charge is 0.475 e. The van der Waals surface area contributed by atoms with Crippen molar-refractivity contribution in [2.24, 2.45) is 0 Å². The zero-order valence-corrected chi connectivity index (χ0v) is 13.1. The van der Waals surface area contributed by atoms with Crippen LogP contribution in [-0.4, -0.2) is 62.0 Å². The lowest BCUT2D eigenvalue weighted by atomic mass is 10.2. The molecule has 0 radical (unpaired) electrons. The summed E-state index contributed by atoms with van der Waals surface area (Å²) in [5.41, 5.74) is 0.924. The summed E-state index contributed by atoms with van der Waals surface area (Å²) in [4.78, 5) is 18.1. The summed E-state index contributed by atoms with van der Waals surface area (Å²) in [6.07, 6.45) is 1.70. The highest BCUT2D eigenvalue weighted by Gasteiger charge is 2.23. The van der Waals surface area contributed by atoms with Gasteiger partial charge in [0, 0.05) is 32.5 Å². The van der Waals surface area contributed by atoms with Crippen LogP contribution in [0.15, 0.2) is 18.3 Å². The fraction of sp³-hybridized carbons (Fsp3) is 0.600. The highest BCUT2D eigenvalue weighted by molar-refractivity contribution is 5.74. The smallest absolute Gasteiger partial charge is 0.318 e. The molecule has 7 nitrogen and oxygen atoms in total. The molecule has 0 bridgehead atoms. The third kappa shape index (κ3) is 4.85. The molecule has 1 aromatic heterocycles. The van der Waals surface area contributed by atoms with E-state index < -0.39 is 0 Å². The summed E-state index contributed by atoms with van der Waals surface area (Å²) in [6, 6.07) is 3.70. The van der Waals surface area contributed by atoms with E-state index in [4.69, 9.17) is 14.2 Å². The van der Waals surface area contributed by atoms with Gasteiger partial charge in [0.15, 0.2) is 0 Å². The molecular formula is C15H23N3O4. The lowest BCUT2D eigenvalue weighted by Gasteiger charge is -2.33. The third-order valence-electron chi connectivity index (χ3n) is 3.41. The van der Waals surface area contributed by atoms with Crippen molar-refractivity contribution in [3.05, 3.63) is 23.9 Å². The molecule has 2 amide bonds. The Morgan fingerprint density at radius 1 is 1.50 bits per heavy atom. The minimum absolute atomic E-state index is 0.0729. The van der Waals surface area contributed by atoms with Gasteiger partial charge in [0.05, 0.1) is 25.9 Å². The summed E-state index contributed by atoms with van der Waals surface area (Å²) in [6.45, 7) is 5.21. The number of hydrogen-bond donors (Lipinski definition) is 1. The summed E-state index contributed by atoms with van der Waals surface area (Å²) in [5, 5.41) is 2.90. The van der Waals surface area contributed by atoms with Crippen LogP contribution in [0.2, 0.25) is 0 Å². The van der Waals surface area contributed by atoms with Gasteiger partial charge in [-0.1, -0.05) is 6.07 Å². The SMILES string of the molecule is COCCOc1ccc(CNC(=O)N2CCOC[C@H]2C)cn1. The van der Waals surface area contributed by atoms with E-state index in [-0.39, 0.29) is 12.1 Å². The number of pyridine rings is 1. The molecule has 0 aromatic carbocycles. The van der Waals surface area contributed by atoms with Crippen LogP contribution in [0.4, 0.5) is 4.79 Å². The molecule has 0 saturated carbocycles. The van der Waals surface area contributed by atoms with Crippen molar-refractivity contribution in [3.8, 4) is 5.88 Å². The molecule has 1 aliphatic rings. The van der Waals surface area contributed by atoms with Gasteiger partial charge in [-0.3, -0.25) is 0 Å². The first kappa shape index (κ1) is 16.5. The van der Waals surface area contributed by atoms with Crippen LogP contribution in [-0.2, 0) is 16.0 Å². The molecule has 122 valence electrons. The van der Waals surface area contributed by atoms with Gasteiger partial charge in [0.1, 0.15) is 6.61 Å². The Balaban J connectivity index is 1.77. The van der Waals surface area contributed by atoms with Gasteiger partial charge >= 0.3 is 6.03 Å². The molecule has 1 N–H and O–H groups in total. The molecule has 1 aliphatic heterocycles. The average Bonchev–Trinajstić information content (AvgIpc) is 2.54. The van der Waals surface area contributed by atoms with Crippen molar-refractivity contribution < 1.29 is 19.0 Å². The Hall–Kier alpha value is -1.86. The van der Waals surface area contributed by atoms with Crippen molar-refractivity contribution in [3.63, 3.8) is 0 Å². The van der Waals surface area contributed by atoms with Gasteiger partial charge < -0.3 is 24.4 Å². The molecule has 7 heteroatoms. The Kier molecular flexibility index (Phi) is 6.42. The maximum atomic E-state index is 12.1. The molecule has 2 rings (SSSR count). The maximum Gasteiger partial charge on any atom is 0.318 e. The van der Waals surface area contributed by atoms with Crippen LogP contribution in [0.25, 0.3) is 0 Å². The van der Waals surface area contributed by atoms with E-state index in [1.54, 1.807) is 24.3 Å². The summed E-state index contributed by atoms with van der Waals surface area (Å²) < 4.78 is 15.6. The lowest BCUT2D eigenvalue weighted by molar-refractivity contribution is 0.0190. The number of ether oxygens (including phenoxy) is 3. The molecule has 1 atom stereocenters. The van der Waals surface area contributed by atoms with Crippen molar-refractivity contribution in [2.45, 2.75) is 19.5 Å². The lowest BCUT2D eigenvalue weighted by Crippen LogP contribution is -2.51. The number of rotatable bonds is 6. The highest BCUT2D eigenvalue weighted by Crippen LogP contribution is 2.09. The third-order valence-corrected chi connectivity index (χ3v) is 3.41. The van der Waals surface area contributed by atoms with Crippen molar-refractivity contribution in [2.75, 3.05) is 40.1 Å². The Bertz CT molecular complexity index is 466. The fourth-order valence-electron chi connectivity index (χ4n) is 2.14. The second kappa shape index (κ2) is 8.55. The molecule has 22 heavy (non-hydrogen) atoms. The number of hydrogen-bond acceptors (Lipinski definition) is 5. The topological polar surface area (TPSA) is 72.9 Å². The number of morpholine rings is 1. The first-order valence-corrected chi connectivity index (χ1v) is 7.39. The normalized spacial score (nSPS) is 18.1. The van der Waals surface area contributed by atoms with Crippen molar-refractivity contribution >= 4 is 6.03 Å². The zero-order valence-electron chi connectivity index (χ0n) is 13.1. The van der Waals surface area contributed by atoms with Crippen LogP contribution in [0.3, 0.4) is 0 Å². The van der Waals surface area contributed by atoms with Gasteiger partial charge in [-0.25, -0.2) is 9.78 Å². The molecule has 1 aromatic rings. The zero-order chi connectivity index (χ0) is 15.8. The Labute approximate surface area is 130 Å².